The standard InChI is InChI=1S/C13H14O4/c14-9-10-4-3-5-11(8-10)17-13(12(15)16)6-1-2-7-13/h3-5,8-9H,1-2,6-7H2,(H,15,16). The minimum Gasteiger partial charge on any atom is -0.478 e. The van der Waals surface area contributed by atoms with Crippen molar-refractivity contribution in [2.75, 3.05) is 0 Å². The summed E-state index contributed by atoms with van der Waals surface area (Å²) in [7, 11) is 0. The molecule has 0 bridgehead atoms. The Morgan fingerprint density at radius 1 is 1.35 bits per heavy atom. The van der Waals surface area contributed by atoms with Gasteiger partial charge in [-0.2, -0.15) is 0 Å². The van der Waals surface area contributed by atoms with Gasteiger partial charge in [0.1, 0.15) is 12.0 Å². The van der Waals surface area contributed by atoms with Crippen LogP contribution in [0.15, 0.2) is 24.3 Å². The number of aliphatic carboxylic acids is 1. The summed E-state index contributed by atoms with van der Waals surface area (Å²) in [5.74, 6) is -0.481. The Hall–Kier alpha value is -1.84. The summed E-state index contributed by atoms with van der Waals surface area (Å²) in [4.78, 5) is 21.9. The molecule has 0 saturated heterocycles. The molecule has 2 rings (SSSR count). The zero-order valence-electron chi connectivity index (χ0n) is 9.39. The number of carbonyl (C=O) groups excluding carboxylic acids is 1. The largest absolute Gasteiger partial charge is 0.478 e. The normalized spacial score (nSPS) is 17.6. The Balaban J connectivity index is 2.23. The van der Waals surface area contributed by atoms with E-state index in [-0.39, 0.29) is 0 Å². The SMILES string of the molecule is O=Cc1cccc(OC2(C(=O)O)CCCC2)c1. The van der Waals surface area contributed by atoms with Crippen LogP contribution in [-0.2, 0) is 4.79 Å². The lowest BCUT2D eigenvalue weighted by atomic mass is 10.0. The first-order valence-electron chi connectivity index (χ1n) is 5.64. The fourth-order valence-electron chi connectivity index (χ4n) is 2.18. The Morgan fingerprint density at radius 2 is 2.06 bits per heavy atom. The van der Waals surface area contributed by atoms with E-state index in [1.807, 2.05) is 0 Å². The second kappa shape index (κ2) is 4.57. The molecular weight excluding hydrogens is 220 g/mol. The third kappa shape index (κ3) is 2.30. The summed E-state index contributed by atoms with van der Waals surface area (Å²) in [6.07, 6.45) is 3.48. The predicted molar refractivity (Wildman–Crippen MR) is 61.3 cm³/mol. The summed E-state index contributed by atoms with van der Waals surface area (Å²) in [5, 5.41) is 9.26. The summed E-state index contributed by atoms with van der Waals surface area (Å²) < 4.78 is 5.61. The Kier molecular flexibility index (Phi) is 3.13. The molecule has 1 aliphatic carbocycles. The molecule has 0 unspecified atom stereocenters. The lowest BCUT2D eigenvalue weighted by Crippen LogP contribution is -2.41. The summed E-state index contributed by atoms with van der Waals surface area (Å²) in [6, 6.07) is 6.58. The molecule has 1 fully saturated rings. The molecule has 0 atom stereocenters. The van der Waals surface area contributed by atoms with E-state index in [0.29, 0.717) is 24.2 Å². The van der Waals surface area contributed by atoms with Crippen LogP contribution >= 0.6 is 0 Å². The van der Waals surface area contributed by atoms with Crippen molar-refractivity contribution in [2.24, 2.45) is 0 Å². The highest BCUT2D eigenvalue weighted by Crippen LogP contribution is 2.34. The molecule has 90 valence electrons. The smallest absolute Gasteiger partial charge is 0.348 e. The van der Waals surface area contributed by atoms with Gasteiger partial charge >= 0.3 is 5.97 Å². The average Bonchev–Trinajstić information content (AvgIpc) is 2.79. The molecule has 17 heavy (non-hydrogen) atoms. The molecule has 1 saturated carbocycles. The lowest BCUT2D eigenvalue weighted by Gasteiger charge is -2.25. The maximum absolute atomic E-state index is 11.3. The number of ether oxygens (including phenoxy) is 1. The van der Waals surface area contributed by atoms with E-state index in [1.165, 1.54) is 0 Å². The molecule has 0 aromatic heterocycles. The van der Waals surface area contributed by atoms with E-state index in [4.69, 9.17) is 4.74 Å². The fraction of sp³-hybridized carbons (Fsp3) is 0.385. The van der Waals surface area contributed by atoms with Gasteiger partial charge in [-0.1, -0.05) is 12.1 Å². The Bertz CT molecular complexity index is 433. The molecule has 1 aliphatic rings. The third-order valence-corrected chi connectivity index (χ3v) is 3.11. The van der Waals surface area contributed by atoms with Crippen LogP contribution in [0, 0.1) is 0 Å². The maximum Gasteiger partial charge on any atom is 0.348 e. The first kappa shape index (κ1) is 11.6. The minimum absolute atomic E-state index is 0.443. The van der Waals surface area contributed by atoms with Gasteiger partial charge in [-0.25, -0.2) is 4.79 Å². The highest BCUT2D eigenvalue weighted by Gasteiger charge is 2.43. The summed E-state index contributed by atoms with van der Waals surface area (Å²) in [6.45, 7) is 0. The highest BCUT2D eigenvalue weighted by atomic mass is 16.5. The highest BCUT2D eigenvalue weighted by molar-refractivity contribution is 5.79. The monoisotopic (exact) mass is 234 g/mol. The first-order valence-corrected chi connectivity index (χ1v) is 5.64. The van der Waals surface area contributed by atoms with Gasteiger partial charge in [-0.3, -0.25) is 4.79 Å². The van der Waals surface area contributed by atoms with Crippen LogP contribution in [0.25, 0.3) is 0 Å². The molecule has 0 spiro atoms. The topological polar surface area (TPSA) is 63.6 Å². The van der Waals surface area contributed by atoms with Crippen LogP contribution < -0.4 is 4.74 Å². The lowest BCUT2D eigenvalue weighted by molar-refractivity contribution is -0.154. The van der Waals surface area contributed by atoms with Crippen molar-refractivity contribution in [1.82, 2.24) is 0 Å². The number of benzene rings is 1. The van der Waals surface area contributed by atoms with E-state index in [9.17, 15) is 14.7 Å². The maximum atomic E-state index is 11.3. The van der Waals surface area contributed by atoms with E-state index in [0.717, 1.165) is 19.1 Å². The Morgan fingerprint density at radius 3 is 2.65 bits per heavy atom. The van der Waals surface area contributed by atoms with Gasteiger partial charge in [0.15, 0.2) is 0 Å². The van der Waals surface area contributed by atoms with Crippen LogP contribution in [-0.4, -0.2) is 23.0 Å². The van der Waals surface area contributed by atoms with Crippen molar-refractivity contribution in [2.45, 2.75) is 31.3 Å². The Labute approximate surface area is 99.2 Å². The van der Waals surface area contributed by atoms with E-state index < -0.39 is 11.6 Å². The van der Waals surface area contributed by atoms with E-state index >= 15 is 0 Å². The van der Waals surface area contributed by atoms with Crippen LogP contribution in [0.4, 0.5) is 0 Å². The quantitative estimate of drug-likeness (QED) is 0.812. The number of rotatable bonds is 4. The van der Waals surface area contributed by atoms with Gasteiger partial charge in [-0.15, -0.1) is 0 Å². The van der Waals surface area contributed by atoms with Crippen molar-refractivity contribution >= 4 is 12.3 Å². The van der Waals surface area contributed by atoms with Crippen molar-refractivity contribution in [3.8, 4) is 5.75 Å². The molecule has 0 heterocycles. The molecule has 4 nitrogen and oxygen atoms in total. The number of hydrogen-bond donors (Lipinski definition) is 1. The van der Waals surface area contributed by atoms with Gasteiger partial charge in [0.05, 0.1) is 0 Å². The van der Waals surface area contributed by atoms with Crippen molar-refractivity contribution in [1.29, 1.82) is 0 Å². The van der Waals surface area contributed by atoms with Gasteiger partial charge in [-0.05, 0) is 37.8 Å². The van der Waals surface area contributed by atoms with Crippen LogP contribution in [0.2, 0.25) is 0 Å². The predicted octanol–water partition coefficient (Wildman–Crippen LogP) is 2.28. The molecule has 1 aromatic carbocycles. The van der Waals surface area contributed by atoms with Gasteiger partial charge in [0.25, 0.3) is 0 Å². The second-order valence-electron chi connectivity index (χ2n) is 4.30. The number of hydrogen-bond acceptors (Lipinski definition) is 3. The molecule has 0 radical (unpaired) electrons. The van der Waals surface area contributed by atoms with Crippen molar-refractivity contribution < 1.29 is 19.4 Å². The van der Waals surface area contributed by atoms with Crippen LogP contribution in [0.1, 0.15) is 36.0 Å². The molecule has 1 aromatic rings. The summed E-state index contributed by atoms with van der Waals surface area (Å²) >= 11 is 0. The van der Waals surface area contributed by atoms with Gasteiger partial charge in [0.2, 0.25) is 5.60 Å². The molecule has 0 aliphatic heterocycles. The third-order valence-electron chi connectivity index (χ3n) is 3.11. The molecule has 4 heteroatoms. The number of carboxylic acids is 1. The van der Waals surface area contributed by atoms with Gasteiger partial charge < -0.3 is 9.84 Å². The zero-order valence-corrected chi connectivity index (χ0v) is 9.39. The molecule has 0 amide bonds. The second-order valence-corrected chi connectivity index (χ2v) is 4.30. The van der Waals surface area contributed by atoms with E-state index in [1.54, 1.807) is 24.3 Å². The minimum atomic E-state index is -1.11. The van der Waals surface area contributed by atoms with E-state index in [2.05, 4.69) is 0 Å². The molecular formula is C13H14O4. The molecule has 1 N–H and O–H groups in total. The van der Waals surface area contributed by atoms with Crippen LogP contribution in [0.3, 0.4) is 0 Å². The van der Waals surface area contributed by atoms with Crippen molar-refractivity contribution in [3.63, 3.8) is 0 Å². The van der Waals surface area contributed by atoms with Crippen LogP contribution in [0.5, 0.6) is 5.75 Å². The summed E-state index contributed by atoms with van der Waals surface area (Å²) in [5.41, 5.74) is -0.623. The zero-order chi connectivity index (χ0) is 12.3. The first-order chi connectivity index (χ1) is 8.16. The fourth-order valence-corrected chi connectivity index (χ4v) is 2.18. The van der Waals surface area contributed by atoms with Crippen molar-refractivity contribution in [3.05, 3.63) is 29.8 Å². The number of aldehydes is 1. The number of carboxylic acid groups (broad SMARTS) is 1. The average molecular weight is 234 g/mol. The van der Waals surface area contributed by atoms with Gasteiger partial charge in [0, 0.05) is 5.56 Å². The number of carbonyl (C=O) groups is 2.